The van der Waals surface area contributed by atoms with E-state index >= 15 is 0 Å². The normalized spacial score (nSPS) is 20.8. The number of pyridine rings is 2. The highest BCUT2D eigenvalue weighted by atomic mass is 16.6. The maximum Gasteiger partial charge on any atom is 0.343 e. The number of ether oxygens (including phenoxy) is 1. The molecule has 0 saturated heterocycles. The molecule has 0 bridgehead atoms. The van der Waals surface area contributed by atoms with Crippen LogP contribution in [0.15, 0.2) is 65.5 Å². The second-order valence-electron chi connectivity index (χ2n) is 8.82. The van der Waals surface area contributed by atoms with Crippen LogP contribution >= 0.6 is 0 Å². The number of cyclic esters (lactones) is 1. The van der Waals surface area contributed by atoms with Crippen LogP contribution in [0.4, 0.5) is 0 Å². The maximum atomic E-state index is 13.9. The zero-order valence-corrected chi connectivity index (χ0v) is 18.3. The third-order valence-electron chi connectivity index (χ3n) is 6.93. The van der Waals surface area contributed by atoms with Crippen molar-refractivity contribution in [1.29, 1.82) is 0 Å². The van der Waals surface area contributed by atoms with E-state index in [4.69, 9.17) is 9.72 Å². The van der Waals surface area contributed by atoms with Crippen LogP contribution in [0.3, 0.4) is 0 Å². The third-order valence-corrected chi connectivity index (χ3v) is 6.93. The lowest BCUT2D eigenvalue weighted by molar-refractivity contribution is -0.172. The largest absolute Gasteiger partial charge is 0.458 e. The van der Waals surface area contributed by atoms with E-state index in [0.29, 0.717) is 22.5 Å². The van der Waals surface area contributed by atoms with Crippen LogP contribution in [0, 0.1) is 6.92 Å². The molecule has 2 aliphatic rings. The molecule has 1 N–H and O–H groups in total. The molecular formula is C27H22N2O4. The second kappa shape index (κ2) is 6.86. The van der Waals surface area contributed by atoms with Crippen molar-refractivity contribution in [1.82, 2.24) is 9.55 Å². The van der Waals surface area contributed by atoms with Gasteiger partial charge in [0.25, 0.3) is 5.56 Å². The number of hydrogen-bond acceptors (Lipinski definition) is 5. The van der Waals surface area contributed by atoms with Crippen LogP contribution in [-0.4, -0.2) is 20.6 Å². The molecule has 0 unspecified atom stereocenters. The van der Waals surface area contributed by atoms with E-state index in [9.17, 15) is 14.7 Å². The molecule has 6 heteroatoms. The van der Waals surface area contributed by atoms with Gasteiger partial charge in [-0.2, -0.15) is 0 Å². The molecule has 6 rings (SSSR count). The molecule has 2 aromatic heterocycles. The summed E-state index contributed by atoms with van der Waals surface area (Å²) >= 11 is 0. The third kappa shape index (κ3) is 2.67. The summed E-state index contributed by atoms with van der Waals surface area (Å²) in [5.41, 5.74) is 3.66. The molecular weight excluding hydrogens is 416 g/mol. The molecule has 0 aliphatic carbocycles. The van der Waals surface area contributed by atoms with E-state index in [1.807, 2.05) is 55.5 Å². The minimum Gasteiger partial charge on any atom is -0.458 e. The zero-order chi connectivity index (χ0) is 22.9. The summed E-state index contributed by atoms with van der Waals surface area (Å²) in [6, 6.07) is 19.4. The molecule has 33 heavy (non-hydrogen) atoms. The van der Waals surface area contributed by atoms with E-state index in [0.717, 1.165) is 27.6 Å². The van der Waals surface area contributed by atoms with Crippen molar-refractivity contribution in [3.63, 3.8) is 0 Å². The fourth-order valence-electron chi connectivity index (χ4n) is 5.07. The highest BCUT2D eigenvalue weighted by Crippen LogP contribution is 2.44. The first kappa shape index (κ1) is 19.9. The lowest BCUT2D eigenvalue weighted by Crippen LogP contribution is -2.44. The van der Waals surface area contributed by atoms with Crippen molar-refractivity contribution < 1.29 is 14.6 Å². The van der Waals surface area contributed by atoms with Crippen molar-refractivity contribution in [3.05, 3.63) is 98.8 Å². The first-order valence-electron chi connectivity index (χ1n) is 11.1. The molecule has 4 aromatic rings. The summed E-state index contributed by atoms with van der Waals surface area (Å²) in [4.78, 5) is 31.2. The first-order valence-corrected chi connectivity index (χ1v) is 11.1. The van der Waals surface area contributed by atoms with Gasteiger partial charge in [0.2, 0.25) is 0 Å². The van der Waals surface area contributed by atoms with Crippen molar-refractivity contribution in [2.75, 3.05) is 0 Å². The number of rotatable bonds is 2. The molecule has 0 spiro atoms. The van der Waals surface area contributed by atoms with Gasteiger partial charge in [0.1, 0.15) is 6.61 Å². The standard InChI is InChI=1S/C27H22N2O4/c1-3-27(32)20-13-22-23-18(12-17-6-4-5-7-21(17)28-23)24(16-10-8-15(2)9-11-16)29(22)25(30)19(20)14-33-26(27)31/h4-13,24,32H,3,14H2,1-2H3/t24-,27+/m1/s1. The van der Waals surface area contributed by atoms with Crippen molar-refractivity contribution >= 4 is 16.9 Å². The summed E-state index contributed by atoms with van der Waals surface area (Å²) in [6.07, 6.45) is 0.112. The maximum absolute atomic E-state index is 13.9. The van der Waals surface area contributed by atoms with Crippen molar-refractivity contribution in [2.45, 2.75) is 38.5 Å². The molecule has 2 aliphatic heterocycles. The predicted molar refractivity (Wildman–Crippen MR) is 124 cm³/mol. The number of carbonyl (C=O) groups is 1. The Bertz CT molecular complexity index is 1520. The van der Waals surface area contributed by atoms with Crippen molar-refractivity contribution in [2.24, 2.45) is 0 Å². The number of hydrogen-bond donors (Lipinski definition) is 1. The number of aryl methyl sites for hydroxylation is 1. The van der Waals surface area contributed by atoms with Gasteiger partial charge < -0.3 is 9.84 Å². The topological polar surface area (TPSA) is 81.4 Å². The van der Waals surface area contributed by atoms with Crippen LogP contribution in [-0.2, 0) is 21.7 Å². The highest BCUT2D eigenvalue weighted by Gasteiger charge is 2.46. The van der Waals surface area contributed by atoms with Crippen LogP contribution < -0.4 is 5.56 Å². The Kier molecular flexibility index (Phi) is 4.13. The predicted octanol–water partition coefficient (Wildman–Crippen LogP) is 3.98. The number of carbonyl (C=O) groups excluding carboxylic acids is 1. The lowest BCUT2D eigenvalue weighted by atomic mass is 9.86. The zero-order valence-electron chi connectivity index (χ0n) is 18.3. The van der Waals surface area contributed by atoms with E-state index < -0.39 is 11.6 Å². The Hall–Kier alpha value is -3.77. The fourth-order valence-corrected chi connectivity index (χ4v) is 5.07. The number of esters is 1. The highest BCUT2D eigenvalue weighted by molar-refractivity contribution is 5.87. The minimum atomic E-state index is -1.85. The van der Waals surface area contributed by atoms with Gasteiger partial charge in [-0.25, -0.2) is 9.78 Å². The molecule has 0 fully saturated rings. The summed E-state index contributed by atoms with van der Waals surface area (Å²) < 4.78 is 6.96. The molecule has 0 saturated carbocycles. The minimum absolute atomic E-state index is 0.112. The van der Waals surface area contributed by atoms with E-state index in [-0.39, 0.29) is 24.6 Å². The average Bonchev–Trinajstić information content (AvgIpc) is 3.14. The van der Waals surface area contributed by atoms with Gasteiger partial charge in [0.05, 0.1) is 28.5 Å². The molecule has 4 heterocycles. The molecule has 0 amide bonds. The Morgan fingerprint density at radius 3 is 2.64 bits per heavy atom. The van der Waals surface area contributed by atoms with Gasteiger partial charge in [-0.15, -0.1) is 0 Å². The monoisotopic (exact) mass is 438 g/mol. The molecule has 0 radical (unpaired) electrons. The molecule has 6 nitrogen and oxygen atoms in total. The summed E-state index contributed by atoms with van der Waals surface area (Å²) in [7, 11) is 0. The van der Waals surface area contributed by atoms with Gasteiger partial charge >= 0.3 is 5.97 Å². The molecule has 2 atom stereocenters. The van der Waals surface area contributed by atoms with Gasteiger partial charge in [-0.05, 0) is 37.1 Å². The van der Waals surface area contributed by atoms with Crippen molar-refractivity contribution in [3.8, 4) is 11.4 Å². The lowest BCUT2D eigenvalue weighted by Gasteiger charge is -2.32. The Morgan fingerprint density at radius 2 is 1.88 bits per heavy atom. The number of para-hydroxylation sites is 1. The van der Waals surface area contributed by atoms with Gasteiger partial charge in [-0.1, -0.05) is 55.0 Å². The Labute approximate surface area is 190 Å². The number of nitrogens with zero attached hydrogens (tertiary/aromatic N) is 2. The van der Waals surface area contributed by atoms with E-state index in [2.05, 4.69) is 6.07 Å². The number of aliphatic hydroxyl groups is 1. The number of aromatic nitrogens is 2. The Morgan fingerprint density at radius 1 is 1.12 bits per heavy atom. The van der Waals surface area contributed by atoms with Gasteiger partial charge in [-0.3, -0.25) is 9.36 Å². The van der Waals surface area contributed by atoms with Crippen LogP contribution in [0.1, 0.15) is 47.2 Å². The smallest absolute Gasteiger partial charge is 0.343 e. The summed E-state index contributed by atoms with van der Waals surface area (Å²) in [5, 5.41) is 12.1. The van der Waals surface area contributed by atoms with Gasteiger partial charge in [0, 0.05) is 16.5 Å². The summed E-state index contributed by atoms with van der Waals surface area (Å²) in [5.74, 6) is -0.721. The van der Waals surface area contributed by atoms with Crippen LogP contribution in [0.2, 0.25) is 0 Å². The van der Waals surface area contributed by atoms with Crippen LogP contribution in [0.25, 0.3) is 22.3 Å². The van der Waals surface area contributed by atoms with E-state index in [1.165, 1.54) is 0 Å². The SMILES string of the molecule is CC[C@@]1(O)C(=O)OCc2c1cc1n(c2=O)[C@H](c2ccc(C)cc2)c2cc3ccccc3nc2-1. The van der Waals surface area contributed by atoms with E-state index in [1.54, 1.807) is 17.6 Å². The summed E-state index contributed by atoms with van der Waals surface area (Å²) in [6.45, 7) is 3.58. The van der Waals surface area contributed by atoms with Crippen LogP contribution in [0.5, 0.6) is 0 Å². The Balaban J connectivity index is 1.71. The number of benzene rings is 2. The molecule has 2 aromatic carbocycles. The average molecular weight is 438 g/mol. The fraction of sp³-hybridized carbons (Fsp3) is 0.222. The van der Waals surface area contributed by atoms with Gasteiger partial charge in [0.15, 0.2) is 5.60 Å². The molecule has 164 valence electrons. The first-order chi connectivity index (χ1) is 15.9. The number of fused-ring (bicyclic) bond motifs is 5. The quantitative estimate of drug-likeness (QED) is 0.422. The second-order valence-corrected chi connectivity index (χ2v) is 8.82.